The minimum absolute atomic E-state index is 0.0139. The van der Waals surface area contributed by atoms with Gasteiger partial charge in [0, 0.05) is 29.9 Å². The molecule has 0 saturated heterocycles. The summed E-state index contributed by atoms with van der Waals surface area (Å²) in [5.41, 5.74) is 6.69. The lowest BCUT2D eigenvalue weighted by molar-refractivity contribution is -0.720. The van der Waals surface area contributed by atoms with Gasteiger partial charge in [-0.05, 0) is 36.8 Å². The van der Waals surface area contributed by atoms with Gasteiger partial charge in [0.05, 0.1) is 5.56 Å². The fourth-order valence-corrected chi connectivity index (χ4v) is 4.19. The first-order valence-electron chi connectivity index (χ1n) is 8.93. The molecule has 1 aromatic heterocycles. The average Bonchev–Trinajstić information content (AvgIpc) is 2.77. The molecule has 0 atom stereocenters. The van der Waals surface area contributed by atoms with Crippen LogP contribution in [0, 0.1) is 6.92 Å². The van der Waals surface area contributed by atoms with Gasteiger partial charge in [0.25, 0.3) is 0 Å². The third-order valence-electron chi connectivity index (χ3n) is 5.61. The normalized spacial score (nSPS) is 15.0. The largest absolute Gasteiger partial charge is 0.217 e. The second kappa shape index (κ2) is 5.59. The minimum atomic E-state index is 0.0139. The fraction of sp³-hybridized carbons (Fsp3) is 0.261. The summed E-state index contributed by atoms with van der Waals surface area (Å²) < 4.78 is 2.60. The number of para-hydroxylation sites is 1. The van der Waals surface area contributed by atoms with Crippen molar-refractivity contribution in [1.29, 1.82) is 0 Å². The van der Waals surface area contributed by atoms with Crippen molar-refractivity contribution in [2.45, 2.75) is 39.2 Å². The molecule has 0 amide bonds. The Labute approximate surface area is 144 Å². The third kappa shape index (κ3) is 2.04. The van der Waals surface area contributed by atoms with Crippen LogP contribution in [-0.4, -0.2) is 0 Å². The van der Waals surface area contributed by atoms with Crippen molar-refractivity contribution < 1.29 is 4.57 Å². The number of aryl methyl sites for hydroxylation is 1. The SMILES string of the molecule is CCC1(CC)C=Cc2ccccc2-c2c(C)cc3ccccc3[n+]21. The summed E-state index contributed by atoms with van der Waals surface area (Å²) in [6.45, 7) is 6.85. The lowest BCUT2D eigenvalue weighted by Crippen LogP contribution is -2.56. The molecule has 4 rings (SSSR count). The van der Waals surface area contributed by atoms with Crippen LogP contribution in [0.4, 0.5) is 0 Å². The average molecular weight is 314 g/mol. The van der Waals surface area contributed by atoms with Gasteiger partial charge in [-0.1, -0.05) is 50.3 Å². The van der Waals surface area contributed by atoms with Gasteiger partial charge in [0.1, 0.15) is 0 Å². The van der Waals surface area contributed by atoms with E-state index < -0.39 is 0 Å². The number of allylic oxidation sites excluding steroid dienone is 1. The van der Waals surface area contributed by atoms with Crippen molar-refractivity contribution in [1.82, 2.24) is 0 Å². The molecule has 2 heterocycles. The molecule has 1 heteroatoms. The zero-order valence-corrected chi connectivity index (χ0v) is 14.7. The van der Waals surface area contributed by atoms with E-state index in [2.05, 4.69) is 92.1 Å². The van der Waals surface area contributed by atoms with Crippen LogP contribution in [0.3, 0.4) is 0 Å². The van der Waals surface area contributed by atoms with Crippen LogP contribution in [0.2, 0.25) is 0 Å². The van der Waals surface area contributed by atoms with Gasteiger partial charge >= 0.3 is 0 Å². The van der Waals surface area contributed by atoms with E-state index >= 15 is 0 Å². The number of pyridine rings is 1. The molecule has 1 aliphatic rings. The zero-order valence-electron chi connectivity index (χ0n) is 14.7. The van der Waals surface area contributed by atoms with E-state index in [1.54, 1.807) is 0 Å². The van der Waals surface area contributed by atoms with Gasteiger partial charge in [-0.2, -0.15) is 4.57 Å². The Kier molecular flexibility index (Phi) is 3.53. The van der Waals surface area contributed by atoms with E-state index in [9.17, 15) is 0 Å². The van der Waals surface area contributed by atoms with E-state index in [-0.39, 0.29) is 5.54 Å². The maximum absolute atomic E-state index is 2.60. The maximum atomic E-state index is 2.60. The topological polar surface area (TPSA) is 3.88 Å². The van der Waals surface area contributed by atoms with Gasteiger partial charge in [-0.25, -0.2) is 0 Å². The van der Waals surface area contributed by atoms with E-state index in [1.165, 1.54) is 33.3 Å². The molecule has 0 saturated carbocycles. The number of benzene rings is 2. The summed E-state index contributed by atoms with van der Waals surface area (Å²) in [6, 6.07) is 19.9. The molecule has 0 fully saturated rings. The van der Waals surface area contributed by atoms with Gasteiger partial charge in [-0.3, -0.25) is 0 Å². The molecular formula is C23H24N+. The van der Waals surface area contributed by atoms with Gasteiger partial charge in [0.15, 0.2) is 5.54 Å². The Bertz CT molecular complexity index is 945. The molecule has 0 spiro atoms. The van der Waals surface area contributed by atoms with Crippen molar-refractivity contribution >= 4 is 17.0 Å². The van der Waals surface area contributed by atoms with Crippen LogP contribution in [0.25, 0.3) is 28.2 Å². The van der Waals surface area contributed by atoms with Crippen LogP contribution >= 0.6 is 0 Å². The molecule has 2 aromatic carbocycles. The highest BCUT2D eigenvalue weighted by Crippen LogP contribution is 2.36. The van der Waals surface area contributed by atoms with Gasteiger partial charge in [0.2, 0.25) is 11.2 Å². The Balaban J connectivity index is 2.24. The Morgan fingerprint density at radius 1 is 0.917 bits per heavy atom. The highest BCUT2D eigenvalue weighted by molar-refractivity contribution is 5.82. The molecule has 120 valence electrons. The predicted octanol–water partition coefficient (Wildman–Crippen LogP) is 5.64. The second-order valence-electron chi connectivity index (χ2n) is 6.80. The number of hydrogen-bond acceptors (Lipinski definition) is 0. The summed E-state index contributed by atoms with van der Waals surface area (Å²) in [6.07, 6.45) is 6.91. The van der Waals surface area contributed by atoms with Crippen LogP contribution in [0.5, 0.6) is 0 Å². The Morgan fingerprint density at radius 3 is 2.42 bits per heavy atom. The molecular weight excluding hydrogens is 290 g/mol. The first-order valence-corrected chi connectivity index (χ1v) is 8.93. The number of hydrogen-bond donors (Lipinski definition) is 0. The molecule has 0 aliphatic carbocycles. The number of aromatic nitrogens is 1. The van der Waals surface area contributed by atoms with Gasteiger partial charge < -0.3 is 0 Å². The fourth-order valence-electron chi connectivity index (χ4n) is 4.19. The van der Waals surface area contributed by atoms with E-state index in [0.717, 1.165) is 12.8 Å². The first-order chi connectivity index (χ1) is 11.7. The van der Waals surface area contributed by atoms with Crippen molar-refractivity contribution in [2.75, 3.05) is 0 Å². The molecule has 1 nitrogen and oxygen atoms in total. The van der Waals surface area contributed by atoms with Crippen molar-refractivity contribution in [3.8, 4) is 11.3 Å². The molecule has 24 heavy (non-hydrogen) atoms. The van der Waals surface area contributed by atoms with E-state index in [1.807, 2.05) is 0 Å². The molecule has 1 aliphatic heterocycles. The molecule has 0 bridgehead atoms. The van der Waals surface area contributed by atoms with Gasteiger partial charge in [-0.15, -0.1) is 0 Å². The quantitative estimate of drug-likeness (QED) is 0.539. The molecule has 0 radical (unpaired) electrons. The molecule has 0 N–H and O–H groups in total. The standard InChI is InChI=1S/C23H24N/c1-4-23(5-2)15-14-18-10-6-8-12-20(18)22-17(3)16-19-11-7-9-13-21(19)24(22)23/h6-16H,4-5H2,1-3H3/q+1. The summed E-state index contributed by atoms with van der Waals surface area (Å²) in [7, 11) is 0. The number of rotatable bonds is 2. The van der Waals surface area contributed by atoms with E-state index in [0.29, 0.717) is 0 Å². The molecule has 3 aromatic rings. The third-order valence-corrected chi connectivity index (χ3v) is 5.61. The lowest BCUT2D eigenvalue weighted by Gasteiger charge is -2.26. The maximum Gasteiger partial charge on any atom is 0.217 e. The monoisotopic (exact) mass is 314 g/mol. The summed E-state index contributed by atoms with van der Waals surface area (Å²) >= 11 is 0. The van der Waals surface area contributed by atoms with E-state index in [4.69, 9.17) is 0 Å². The van der Waals surface area contributed by atoms with Crippen LogP contribution in [0.1, 0.15) is 37.8 Å². The highest BCUT2D eigenvalue weighted by Gasteiger charge is 2.40. The minimum Gasteiger partial charge on any atom is -0.182 e. The second-order valence-corrected chi connectivity index (χ2v) is 6.80. The first kappa shape index (κ1) is 15.1. The number of nitrogens with zero attached hydrogens (tertiary/aromatic N) is 1. The Morgan fingerprint density at radius 2 is 1.62 bits per heavy atom. The van der Waals surface area contributed by atoms with Crippen LogP contribution in [-0.2, 0) is 5.54 Å². The van der Waals surface area contributed by atoms with Crippen molar-refractivity contribution in [2.24, 2.45) is 0 Å². The Hall–Kier alpha value is -2.41. The summed E-state index contributed by atoms with van der Waals surface area (Å²) in [5.74, 6) is 0. The van der Waals surface area contributed by atoms with Crippen molar-refractivity contribution in [3.05, 3.63) is 71.8 Å². The van der Waals surface area contributed by atoms with Crippen molar-refractivity contribution in [3.63, 3.8) is 0 Å². The smallest absolute Gasteiger partial charge is 0.182 e. The molecule has 0 unspecified atom stereocenters. The highest BCUT2D eigenvalue weighted by atomic mass is 15.1. The van der Waals surface area contributed by atoms with Crippen LogP contribution in [0.15, 0.2) is 60.7 Å². The van der Waals surface area contributed by atoms with Crippen LogP contribution < -0.4 is 4.57 Å². The number of fused-ring (bicyclic) bond motifs is 5. The predicted molar refractivity (Wildman–Crippen MR) is 102 cm³/mol. The summed E-state index contributed by atoms with van der Waals surface area (Å²) in [5, 5.41) is 1.32. The zero-order chi connectivity index (χ0) is 16.7. The summed E-state index contributed by atoms with van der Waals surface area (Å²) in [4.78, 5) is 0. The lowest BCUT2D eigenvalue weighted by atomic mass is 9.90.